The number of hydrogen-bond donors (Lipinski definition) is 1. The maximum atomic E-state index is 12.9. The van der Waals surface area contributed by atoms with Crippen LogP contribution >= 0.6 is 15.9 Å². The molecule has 1 fully saturated rings. The van der Waals surface area contributed by atoms with E-state index < -0.39 is 10.0 Å². The first kappa shape index (κ1) is 20.0. The number of nitrogens with zero attached hydrogens (tertiary/aromatic N) is 1. The molecule has 1 heterocycles. The van der Waals surface area contributed by atoms with Crippen LogP contribution in [0.1, 0.15) is 24.0 Å². The van der Waals surface area contributed by atoms with Crippen molar-refractivity contribution in [2.75, 3.05) is 18.4 Å². The Bertz CT molecular complexity index is 942. The Kier molecular flexibility index (Phi) is 6.03. The second-order valence-electron chi connectivity index (χ2n) is 6.96. The summed E-state index contributed by atoms with van der Waals surface area (Å²) in [7, 11) is -3.60. The SMILES string of the molecule is Cc1ccc(NC(=O)[C@H]2CCCN(S(=O)(=O)c3ccc(Br)cc3)C2)c(C)c1. The molecule has 0 radical (unpaired) electrons. The highest BCUT2D eigenvalue weighted by Crippen LogP contribution is 2.26. The summed E-state index contributed by atoms with van der Waals surface area (Å²) in [6.45, 7) is 4.60. The van der Waals surface area contributed by atoms with Gasteiger partial charge in [-0.1, -0.05) is 33.6 Å². The standard InChI is InChI=1S/C20H23BrN2O3S/c1-14-5-10-19(15(2)12-14)22-20(24)16-4-3-11-23(13-16)27(25,26)18-8-6-17(21)7-9-18/h5-10,12,16H,3-4,11,13H2,1-2H3,(H,22,24)/t16-/m0/s1. The molecule has 1 atom stereocenters. The molecule has 1 amide bonds. The quantitative estimate of drug-likeness (QED) is 0.761. The Hall–Kier alpha value is -1.70. The summed E-state index contributed by atoms with van der Waals surface area (Å²) < 4.78 is 28.0. The van der Waals surface area contributed by atoms with Crippen molar-refractivity contribution in [3.8, 4) is 0 Å². The van der Waals surface area contributed by atoms with Crippen LogP contribution in [0.4, 0.5) is 5.69 Å². The number of hydrogen-bond acceptors (Lipinski definition) is 3. The van der Waals surface area contributed by atoms with Gasteiger partial charge in [0.2, 0.25) is 15.9 Å². The molecule has 7 heteroatoms. The fourth-order valence-corrected chi connectivity index (χ4v) is 5.11. The lowest BCUT2D eigenvalue weighted by Crippen LogP contribution is -2.43. The van der Waals surface area contributed by atoms with Crippen LogP contribution in [-0.2, 0) is 14.8 Å². The van der Waals surface area contributed by atoms with Gasteiger partial charge >= 0.3 is 0 Å². The number of benzene rings is 2. The molecule has 0 saturated carbocycles. The van der Waals surface area contributed by atoms with Gasteiger partial charge < -0.3 is 5.32 Å². The topological polar surface area (TPSA) is 66.5 Å². The summed E-state index contributed by atoms with van der Waals surface area (Å²) in [6, 6.07) is 12.4. The van der Waals surface area contributed by atoms with E-state index in [0.717, 1.165) is 21.3 Å². The third kappa shape index (κ3) is 4.59. The molecule has 0 aromatic heterocycles. The van der Waals surface area contributed by atoms with Crippen molar-refractivity contribution in [2.24, 2.45) is 5.92 Å². The summed E-state index contributed by atoms with van der Waals surface area (Å²) in [5.74, 6) is -0.484. The average Bonchev–Trinajstić information content (AvgIpc) is 2.64. The molecule has 5 nitrogen and oxygen atoms in total. The number of carbonyl (C=O) groups is 1. The number of anilines is 1. The average molecular weight is 451 g/mol. The van der Waals surface area contributed by atoms with E-state index >= 15 is 0 Å². The fourth-order valence-electron chi connectivity index (χ4n) is 3.32. The number of sulfonamides is 1. The molecular formula is C20H23BrN2O3S. The zero-order valence-corrected chi connectivity index (χ0v) is 17.8. The normalized spacial score (nSPS) is 18.3. The van der Waals surface area contributed by atoms with Crippen LogP contribution < -0.4 is 5.32 Å². The van der Waals surface area contributed by atoms with E-state index in [1.807, 2.05) is 32.0 Å². The lowest BCUT2D eigenvalue weighted by molar-refractivity contribution is -0.120. The van der Waals surface area contributed by atoms with Gasteiger partial charge in [0.1, 0.15) is 0 Å². The lowest BCUT2D eigenvalue weighted by Gasteiger charge is -2.31. The first-order chi connectivity index (χ1) is 12.8. The van der Waals surface area contributed by atoms with E-state index in [4.69, 9.17) is 0 Å². The Morgan fingerprint density at radius 1 is 1.15 bits per heavy atom. The monoisotopic (exact) mass is 450 g/mol. The molecule has 0 spiro atoms. The highest BCUT2D eigenvalue weighted by atomic mass is 79.9. The number of aryl methyl sites for hydroxylation is 2. The summed E-state index contributed by atoms with van der Waals surface area (Å²) in [6.07, 6.45) is 1.35. The Morgan fingerprint density at radius 2 is 1.85 bits per heavy atom. The Balaban J connectivity index is 1.73. The van der Waals surface area contributed by atoms with E-state index in [1.54, 1.807) is 24.3 Å². The van der Waals surface area contributed by atoms with Crippen molar-refractivity contribution in [1.29, 1.82) is 0 Å². The molecule has 1 aliphatic heterocycles. The molecule has 1 saturated heterocycles. The van der Waals surface area contributed by atoms with E-state index in [9.17, 15) is 13.2 Å². The first-order valence-electron chi connectivity index (χ1n) is 8.91. The highest BCUT2D eigenvalue weighted by Gasteiger charge is 2.33. The minimum absolute atomic E-state index is 0.127. The minimum atomic E-state index is -3.60. The highest BCUT2D eigenvalue weighted by molar-refractivity contribution is 9.10. The molecule has 144 valence electrons. The number of amides is 1. The third-order valence-electron chi connectivity index (χ3n) is 4.85. The maximum absolute atomic E-state index is 12.9. The van der Waals surface area contributed by atoms with Gasteiger partial charge in [-0.25, -0.2) is 8.42 Å². The molecule has 3 rings (SSSR count). The number of rotatable bonds is 4. The van der Waals surface area contributed by atoms with Gasteiger partial charge in [-0.2, -0.15) is 4.31 Å². The van der Waals surface area contributed by atoms with Gasteiger partial charge in [0.05, 0.1) is 10.8 Å². The van der Waals surface area contributed by atoms with Gasteiger partial charge in [-0.15, -0.1) is 0 Å². The molecule has 0 aliphatic carbocycles. The van der Waals surface area contributed by atoms with Gasteiger partial charge in [0.25, 0.3) is 0 Å². The van der Waals surface area contributed by atoms with E-state index in [0.29, 0.717) is 19.4 Å². The molecule has 27 heavy (non-hydrogen) atoms. The summed E-state index contributed by atoms with van der Waals surface area (Å²) >= 11 is 3.32. The van der Waals surface area contributed by atoms with Crippen LogP contribution in [0.3, 0.4) is 0 Å². The van der Waals surface area contributed by atoms with E-state index in [-0.39, 0.29) is 23.3 Å². The maximum Gasteiger partial charge on any atom is 0.243 e. The second kappa shape index (κ2) is 8.12. The summed E-state index contributed by atoms with van der Waals surface area (Å²) in [5, 5.41) is 2.96. The van der Waals surface area contributed by atoms with Crippen LogP contribution in [0.2, 0.25) is 0 Å². The van der Waals surface area contributed by atoms with Crippen molar-refractivity contribution in [2.45, 2.75) is 31.6 Å². The Labute approximate surface area is 169 Å². The van der Waals surface area contributed by atoms with Crippen LogP contribution in [0.25, 0.3) is 0 Å². The van der Waals surface area contributed by atoms with Crippen LogP contribution in [0, 0.1) is 19.8 Å². The largest absolute Gasteiger partial charge is 0.326 e. The van der Waals surface area contributed by atoms with Crippen molar-refractivity contribution in [3.63, 3.8) is 0 Å². The van der Waals surface area contributed by atoms with Gasteiger partial charge in [-0.3, -0.25) is 4.79 Å². The first-order valence-corrected chi connectivity index (χ1v) is 11.1. The zero-order chi connectivity index (χ0) is 19.6. The predicted molar refractivity (Wildman–Crippen MR) is 110 cm³/mol. The van der Waals surface area contributed by atoms with Crippen molar-refractivity contribution in [1.82, 2.24) is 4.31 Å². The van der Waals surface area contributed by atoms with Crippen molar-refractivity contribution < 1.29 is 13.2 Å². The zero-order valence-electron chi connectivity index (χ0n) is 15.4. The molecule has 2 aromatic carbocycles. The number of carbonyl (C=O) groups excluding carboxylic acids is 1. The second-order valence-corrected chi connectivity index (χ2v) is 9.82. The number of piperidine rings is 1. The predicted octanol–water partition coefficient (Wildman–Crippen LogP) is 4.11. The van der Waals surface area contributed by atoms with Gasteiger partial charge in [0.15, 0.2) is 0 Å². The van der Waals surface area contributed by atoms with Gasteiger partial charge in [0, 0.05) is 23.2 Å². The lowest BCUT2D eigenvalue weighted by atomic mass is 9.98. The third-order valence-corrected chi connectivity index (χ3v) is 7.25. The summed E-state index contributed by atoms with van der Waals surface area (Å²) in [5.41, 5.74) is 2.91. The molecule has 1 N–H and O–H groups in total. The smallest absolute Gasteiger partial charge is 0.243 e. The minimum Gasteiger partial charge on any atom is -0.326 e. The van der Waals surface area contributed by atoms with Crippen molar-refractivity contribution in [3.05, 3.63) is 58.1 Å². The van der Waals surface area contributed by atoms with Crippen LogP contribution in [-0.4, -0.2) is 31.7 Å². The molecular weight excluding hydrogens is 428 g/mol. The molecule has 1 aliphatic rings. The van der Waals surface area contributed by atoms with E-state index in [1.165, 1.54) is 4.31 Å². The molecule has 0 unspecified atom stereocenters. The number of nitrogens with one attached hydrogen (secondary N) is 1. The Morgan fingerprint density at radius 3 is 2.52 bits per heavy atom. The van der Waals surface area contributed by atoms with Crippen LogP contribution in [0.15, 0.2) is 51.8 Å². The van der Waals surface area contributed by atoms with Crippen molar-refractivity contribution >= 4 is 37.5 Å². The molecule has 2 aromatic rings. The van der Waals surface area contributed by atoms with E-state index in [2.05, 4.69) is 21.2 Å². The molecule has 0 bridgehead atoms. The van der Waals surface area contributed by atoms with Crippen LogP contribution in [0.5, 0.6) is 0 Å². The van der Waals surface area contributed by atoms with Gasteiger partial charge in [-0.05, 0) is 62.6 Å². The summed E-state index contributed by atoms with van der Waals surface area (Å²) in [4.78, 5) is 13.0. The number of halogens is 1. The fraction of sp³-hybridized carbons (Fsp3) is 0.350.